The Morgan fingerprint density at radius 1 is 1.31 bits per heavy atom. The molecule has 1 fully saturated rings. The van der Waals surface area contributed by atoms with Crippen LogP contribution >= 0.6 is 0 Å². The van der Waals surface area contributed by atoms with Crippen LogP contribution in [0.3, 0.4) is 0 Å². The van der Waals surface area contributed by atoms with Gasteiger partial charge in [0.1, 0.15) is 5.82 Å². The fourth-order valence-electron chi connectivity index (χ4n) is 3.47. The lowest BCUT2D eigenvalue weighted by atomic mass is 9.81. The minimum atomic E-state index is -0.291. The number of aromatic nitrogens is 2. The van der Waals surface area contributed by atoms with Gasteiger partial charge >= 0.3 is 0 Å². The topological polar surface area (TPSA) is 59.0 Å². The van der Waals surface area contributed by atoms with Gasteiger partial charge in [-0.1, -0.05) is 20.8 Å². The van der Waals surface area contributed by atoms with E-state index < -0.39 is 0 Å². The number of amides is 1. The van der Waals surface area contributed by atoms with Crippen LogP contribution in [0.4, 0.5) is 4.39 Å². The van der Waals surface area contributed by atoms with Gasteiger partial charge in [-0.25, -0.2) is 9.07 Å². The molecule has 1 aliphatic rings. The van der Waals surface area contributed by atoms with Crippen molar-refractivity contribution in [2.45, 2.75) is 39.5 Å². The standard InChI is InChI=1S/C20H27FN4O/c1-14(2)18-17(12-24-25(18)16-6-4-15(21)5-7-16)19(26)23-13-20(3)8-10-22-11-9-20/h4-7,12,14,22H,8-11,13H2,1-3H3,(H,23,26). The van der Waals surface area contributed by atoms with Crippen molar-refractivity contribution in [3.8, 4) is 5.69 Å². The van der Waals surface area contributed by atoms with E-state index in [0.29, 0.717) is 12.1 Å². The summed E-state index contributed by atoms with van der Waals surface area (Å²) in [5.41, 5.74) is 2.30. The van der Waals surface area contributed by atoms with Gasteiger partial charge in [0.25, 0.3) is 5.91 Å². The second-order valence-electron chi connectivity index (χ2n) is 7.73. The van der Waals surface area contributed by atoms with E-state index in [1.165, 1.54) is 12.1 Å². The Balaban J connectivity index is 1.81. The largest absolute Gasteiger partial charge is 0.351 e. The van der Waals surface area contributed by atoms with Crippen molar-refractivity contribution in [1.29, 1.82) is 0 Å². The molecule has 1 aliphatic heterocycles. The van der Waals surface area contributed by atoms with E-state index in [1.54, 1.807) is 23.0 Å². The lowest BCUT2D eigenvalue weighted by Crippen LogP contribution is -2.43. The van der Waals surface area contributed by atoms with Crippen LogP contribution < -0.4 is 10.6 Å². The molecule has 1 saturated heterocycles. The number of rotatable bonds is 5. The molecule has 2 aromatic rings. The molecular formula is C20H27FN4O. The minimum Gasteiger partial charge on any atom is -0.351 e. The van der Waals surface area contributed by atoms with Crippen LogP contribution in [-0.2, 0) is 0 Å². The van der Waals surface area contributed by atoms with Gasteiger partial charge in [-0.05, 0) is 61.5 Å². The number of nitrogens with zero attached hydrogens (tertiary/aromatic N) is 2. The molecule has 0 saturated carbocycles. The molecule has 1 aromatic carbocycles. The Bertz CT molecular complexity index is 761. The van der Waals surface area contributed by atoms with Crippen molar-refractivity contribution < 1.29 is 9.18 Å². The van der Waals surface area contributed by atoms with Crippen molar-refractivity contribution in [2.24, 2.45) is 5.41 Å². The first kappa shape index (κ1) is 18.6. The molecule has 6 heteroatoms. The summed E-state index contributed by atoms with van der Waals surface area (Å²) in [7, 11) is 0. The van der Waals surface area contributed by atoms with E-state index in [4.69, 9.17) is 0 Å². The van der Waals surface area contributed by atoms with Gasteiger partial charge in [0.05, 0.1) is 23.1 Å². The van der Waals surface area contributed by atoms with Gasteiger partial charge < -0.3 is 10.6 Å². The van der Waals surface area contributed by atoms with Gasteiger partial charge in [-0.2, -0.15) is 5.10 Å². The molecule has 0 spiro atoms. The lowest BCUT2D eigenvalue weighted by molar-refractivity contribution is 0.0921. The second-order valence-corrected chi connectivity index (χ2v) is 7.73. The Hall–Kier alpha value is -2.21. The van der Waals surface area contributed by atoms with E-state index in [0.717, 1.165) is 37.3 Å². The average Bonchev–Trinajstić information content (AvgIpc) is 3.06. The first-order valence-electron chi connectivity index (χ1n) is 9.22. The van der Waals surface area contributed by atoms with Crippen LogP contribution in [0.15, 0.2) is 30.5 Å². The molecule has 5 nitrogen and oxygen atoms in total. The predicted octanol–water partition coefficient (Wildman–Crippen LogP) is 3.25. The zero-order valence-corrected chi connectivity index (χ0v) is 15.7. The van der Waals surface area contributed by atoms with Crippen molar-refractivity contribution in [3.63, 3.8) is 0 Å². The molecule has 2 N–H and O–H groups in total. The highest BCUT2D eigenvalue weighted by atomic mass is 19.1. The van der Waals surface area contributed by atoms with Crippen molar-refractivity contribution >= 4 is 5.91 Å². The normalized spacial score (nSPS) is 16.7. The summed E-state index contributed by atoms with van der Waals surface area (Å²) in [4.78, 5) is 12.8. The fraction of sp³-hybridized carbons (Fsp3) is 0.500. The fourth-order valence-corrected chi connectivity index (χ4v) is 3.47. The average molecular weight is 358 g/mol. The zero-order valence-electron chi connectivity index (χ0n) is 15.7. The minimum absolute atomic E-state index is 0.0955. The Labute approximate surface area is 154 Å². The van der Waals surface area contributed by atoms with Crippen molar-refractivity contribution in [1.82, 2.24) is 20.4 Å². The molecule has 140 valence electrons. The van der Waals surface area contributed by atoms with E-state index in [1.807, 2.05) is 13.8 Å². The third-order valence-corrected chi connectivity index (χ3v) is 5.16. The maximum Gasteiger partial charge on any atom is 0.254 e. The van der Waals surface area contributed by atoms with Crippen LogP contribution in [0.2, 0.25) is 0 Å². The smallest absolute Gasteiger partial charge is 0.254 e. The van der Waals surface area contributed by atoms with E-state index >= 15 is 0 Å². The van der Waals surface area contributed by atoms with Gasteiger partial charge in [0.15, 0.2) is 0 Å². The molecule has 3 rings (SSSR count). The van der Waals surface area contributed by atoms with Gasteiger partial charge in [-0.15, -0.1) is 0 Å². The van der Waals surface area contributed by atoms with Crippen LogP contribution in [0, 0.1) is 11.2 Å². The van der Waals surface area contributed by atoms with Crippen LogP contribution in [0.1, 0.15) is 55.6 Å². The van der Waals surface area contributed by atoms with Crippen LogP contribution in [0.5, 0.6) is 0 Å². The van der Waals surface area contributed by atoms with Crippen LogP contribution in [0.25, 0.3) is 5.69 Å². The van der Waals surface area contributed by atoms with E-state index in [9.17, 15) is 9.18 Å². The number of nitrogens with one attached hydrogen (secondary N) is 2. The molecule has 1 amide bonds. The first-order chi connectivity index (χ1) is 12.4. The second kappa shape index (κ2) is 7.58. The summed E-state index contributed by atoms with van der Waals surface area (Å²) in [6.45, 7) is 8.92. The highest BCUT2D eigenvalue weighted by Gasteiger charge is 2.28. The summed E-state index contributed by atoms with van der Waals surface area (Å²) in [6.07, 6.45) is 3.72. The molecule has 0 radical (unpaired) electrons. The number of carbonyl (C=O) groups excluding carboxylic acids is 1. The number of halogens is 1. The van der Waals surface area contributed by atoms with Gasteiger partial charge in [0.2, 0.25) is 0 Å². The summed E-state index contributed by atoms with van der Waals surface area (Å²) >= 11 is 0. The van der Waals surface area contributed by atoms with Crippen LogP contribution in [-0.4, -0.2) is 35.3 Å². The number of benzene rings is 1. The SMILES string of the molecule is CC(C)c1c(C(=O)NCC2(C)CCNCC2)cnn1-c1ccc(F)cc1. The summed E-state index contributed by atoms with van der Waals surface area (Å²) in [5, 5.41) is 10.8. The Morgan fingerprint density at radius 2 is 1.96 bits per heavy atom. The van der Waals surface area contributed by atoms with Gasteiger partial charge in [0, 0.05) is 6.54 Å². The third kappa shape index (κ3) is 3.96. The van der Waals surface area contributed by atoms with E-state index in [2.05, 4.69) is 22.7 Å². The number of carbonyl (C=O) groups is 1. The van der Waals surface area contributed by atoms with Crippen molar-refractivity contribution in [2.75, 3.05) is 19.6 Å². The van der Waals surface area contributed by atoms with Crippen molar-refractivity contribution in [3.05, 3.63) is 47.5 Å². The zero-order chi connectivity index (χ0) is 18.7. The monoisotopic (exact) mass is 358 g/mol. The lowest BCUT2D eigenvalue weighted by Gasteiger charge is -2.34. The predicted molar refractivity (Wildman–Crippen MR) is 100 cm³/mol. The summed E-state index contributed by atoms with van der Waals surface area (Å²) < 4.78 is 14.9. The number of piperidine rings is 1. The molecule has 0 unspecified atom stereocenters. The number of hydrogen-bond acceptors (Lipinski definition) is 3. The molecule has 0 atom stereocenters. The maximum atomic E-state index is 13.2. The first-order valence-corrected chi connectivity index (χ1v) is 9.22. The van der Waals surface area contributed by atoms with E-state index in [-0.39, 0.29) is 23.1 Å². The molecule has 26 heavy (non-hydrogen) atoms. The van der Waals surface area contributed by atoms with Gasteiger partial charge in [-0.3, -0.25) is 4.79 Å². The Morgan fingerprint density at radius 3 is 2.58 bits per heavy atom. The molecule has 0 aliphatic carbocycles. The molecular weight excluding hydrogens is 331 g/mol. The highest BCUT2D eigenvalue weighted by molar-refractivity contribution is 5.95. The summed E-state index contributed by atoms with van der Waals surface area (Å²) in [5.74, 6) is -0.278. The molecule has 1 aromatic heterocycles. The quantitative estimate of drug-likeness (QED) is 0.863. The highest BCUT2D eigenvalue weighted by Crippen LogP contribution is 2.27. The molecule has 2 heterocycles. The summed E-state index contributed by atoms with van der Waals surface area (Å²) in [6, 6.07) is 6.15. The third-order valence-electron chi connectivity index (χ3n) is 5.16. The Kier molecular flexibility index (Phi) is 5.41. The maximum absolute atomic E-state index is 13.2. The number of hydrogen-bond donors (Lipinski definition) is 2. The molecule has 0 bridgehead atoms.